The Balaban J connectivity index is 1.53. The minimum atomic E-state index is -0.792. The summed E-state index contributed by atoms with van der Waals surface area (Å²) in [5.74, 6) is -0.782. The fraction of sp³-hybridized carbons (Fsp3) is 0.333. The summed E-state index contributed by atoms with van der Waals surface area (Å²) in [7, 11) is 1.63. The molecule has 2 atom stereocenters. The van der Waals surface area contributed by atoms with Crippen LogP contribution >= 0.6 is 0 Å². The average Bonchev–Trinajstić information content (AvgIpc) is 3.01. The molecule has 0 unspecified atom stereocenters. The third-order valence-electron chi connectivity index (χ3n) is 5.69. The van der Waals surface area contributed by atoms with E-state index in [2.05, 4.69) is 22.8 Å². The predicted molar refractivity (Wildman–Crippen MR) is 120 cm³/mol. The van der Waals surface area contributed by atoms with E-state index in [0.717, 1.165) is 24.1 Å². The van der Waals surface area contributed by atoms with Gasteiger partial charge in [-0.05, 0) is 47.9 Å². The van der Waals surface area contributed by atoms with Gasteiger partial charge >= 0.3 is 5.76 Å². The largest absolute Gasteiger partial charge is 0.419 e. The number of amides is 1. The summed E-state index contributed by atoms with van der Waals surface area (Å²) in [6, 6.07) is 14.2. The van der Waals surface area contributed by atoms with Gasteiger partial charge in [0, 0.05) is 26.6 Å². The van der Waals surface area contributed by atoms with Crippen LogP contribution in [0.4, 0.5) is 0 Å². The van der Waals surface area contributed by atoms with E-state index in [0.29, 0.717) is 35.4 Å². The molecular formula is C24H23N5O4. The summed E-state index contributed by atoms with van der Waals surface area (Å²) in [5, 5.41) is 25.1. The van der Waals surface area contributed by atoms with Crippen molar-refractivity contribution in [2.24, 2.45) is 7.05 Å². The number of nitrogens with zero attached hydrogens (tertiary/aromatic N) is 3. The molecule has 1 amide bonds. The second kappa shape index (κ2) is 9.70. The normalized spacial score (nSPS) is 17.0. The highest BCUT2D eigenvalue weighted by atomic mass is 16.5. The molecule has 1 aromatic heterocycles. The average molecular weight is 445 g/mol. The number of hydrogen-bond acceptors (Lipinski definition) is 7. The molecular weight excluding hydrogens is 422 g/mol. The van der Waals surface area contributed by atoms with Gasteiger partial charge < -0.3 is 19.8 Å². The van der Waals surface area contributed by atoms with Crippen LogP contribution in [-0.4, -0.2) is 42.3 Å². The Hall–Kier alpha value is -3.92. The molecule has 0 bridgehead atoms. The zero-order chi connectivity index (χ0) is 23.4. The molecule has 0 aliphatic carbocycles. The first kappa shape index (κ1) is 22.3. The van der Waals surface area contributed by atoms with Crippen molar-refractivity contribution >= 4 is 17.0 Å². The molecule has 9 heteroatoms. The molecule has 33 heavy (non-hydrogen) atoms. The molecule has 2 heterocycles. The number of nitriles is 2. The smallest absolute Gasteiger partial charge is 0.408 e. The fourth-order valence-corrected chi connectivity index (χ4v) is 3.84. The number of aromatic nitrogens is 1. The maximum Gasteiger partial charge on any atom is 0.419 e. The number of benzene rings is 2. The van der Waals surface area contributed by atoms with Crippen molar-refractivity contribution < 1.29 is 13.9 Å². The van der Waals surface area contributed by atoms with Crippen LogP contribution in [0.15, 0.2) is 45.6 Å². The van der Waals surface area contributed by atoms with Gasteiger partial charge in [0.05, 0.1) is 23.2 Å². The van der Waals surface area contributed by atoms with E-state index in [1.807, 2.05) is 18.2 Å². The van der Waals surface area contributed by atoms with E-state index >= 15 is 0 Å². The van der Waals surface area contributed by atoms with Crippen molar-refractivity contribution in [2.45, 2.75) is 25.0 Å². The lowest BCUT2D eigenvalue weighted by atomic mass is 9.96. The standard InChI is InChI=1S/C24H23N5O4/c1-29-20-11-17(5-6-21(20)33-24(29)31)15-3-4-16(18(9-15)12-25)10-19(13-26)28-23(30)22-14-27-7-2-8-32-22/h3-6,9,11,19,22,27H,2,7-8,10,14H2,1H3,(H,28,30)/t19-,22-/m0/s1. The number of fused-ring (bicyclic) bond motifs is 1. The van der Waals surface area contributed by atoms with E-state index in [4.69, 9.17) is 9.15 Å². The molecule has 1 fully saturated rings. The van der Waals surface area contributed by atoms with E-state index in [1.54, 1.807) is 25.2 Å². The molecule has 0 radical (unpaired) electrons. The second-order valence-corrected chi connectivity index (χ2v) is 7.90. The summed E-state index contributed by atoms with van der Waals surface area (Å²) in [4.78, 5) is 24.3. The van der Waals surface area contributed by atoms with Crippen molar-refractivity contribution in [3.8, 4) is 23.3 Å². The number of nitrogens with one attached hydrogen (secondary N) is 2. The van der Waals surface area contributed by atoms with Crippen molar-refractivity contribution in [3.05, 3.63) is 58.1 Å². The highest BCUT2D eigenvalue weighted by Gasteiger charge is 2.24. The van der Waals surface area contributed by atoms with Gasteiger partial charge in [-0.25, -0.2) is 4.79 Å². The quantitative estimate of drug-likeness (QED) is 0.609. The van der Waals surface area contributed by atoms with Crippen LogP contribution in [0.25, 0.3) is 22.2 Å². The Kier molecular flexibility index (Phi) is 6.55. The van der Waals surface area contributed by atoms with Gasteiger partial charge in [0.25, 0.3) is 5.91 Å². The lowest BCUT2D eigenvalue weighted by molar-refractivity contribution is -0.132. The highest BCUT2D eigenvalue weighted by molar-refractivity contribution is 5.82. The maximum absolute atomic E-state index is 12.5. The molecule has 9 nitrogen and oxygen atoms in total. The summed E-state index contributed by atoms with van der Waals surface area (Å²) >= 11 is 0. The van der Waals surface area contributed by atoms with Crippen LogP contribution < -0.4 is 16.4 Å². The minimum Gasteiger partial charge on any atom is -0.408 e. The van der Waals surface area contributed by atoms with Crippen LogP contribution in [0, 0.1) is 22.7 Å². The number of hydrogen-bond donors (Lipinski definition) is 2. The Bertz CT molecular complexity index is 1320. The molecule has 1 aliphatic rings. The molecule has 3 aromatic rings. The summed E-state index contributed by atoms with van der Waals surface area (Å²) in [5.41, 5.74) is 3.83. The van der Waals surface area contributed by atoms with Gasteiger partial charge in [0.1, 0.15) is 12.1 Å². The summed E-state index contributed by atoms with van der Waals surface area (Å²) < 4.78 is 12.1. The third-order valence-corrected chi connectivity index (χ3v) is 5.69. The molecule has 4 rings (SSSR count). The molecule has 1 aliphatic heterocycles. The lowest BCUT2D eigenvalue weighted by Gasteiger charge is -2.18. The molecule has 2 N–H and O–H groups in total. The van der Waals surface area contributed by atoms with Gasteiger partial charge in [0.2, 0.25) is 0 Å². The number of aryl methyl sites for hydroxylation is 1. The number of oxazole rings is 1. The van der Waals surface area contributed by atoms with E-state index in [1.165, 1.54) is 4.57 Å². The first-order chi connectivity index (χ1) is 16.0. The molecule has 168 valence electrons. The highest BCUT2D eigenvalue weighted by Crippen LogP contribution is 2.26. The Morgan fingerprint density at radius 1 is 1.27 bits per heavy atom. The summed E-state index contributed by atoms with van der Waals surface area (Å²) in [6.45, 7) is 1.67. The van der Waals surface area contributed by atoms with Crippen molar-refractivity contribution in [1.29, 1.82) is 10.5 Å². The van der Waals surface area contributed by atoms with Crippen molar-refractivity contribution in [2.75, 3.05) is 19.7 Å². The molecule has 0 saturated carbocycles. The molecule has 2 aromatic carbocycles. The first-order valence-electron chi connectivity index (χ1n) is 10.7. The number of rotatable bonds is 5. The Morgan fingerprint density at radius 2 is 2.06 bits per heavy atom. The SMILES string of the molecule is Cn1c(=O)oc2ccc(-c3ccc(C[C@@H](C#N)NC(=O)[C@@H]4CNCCCO4)c(C#N)c3)cc21. The van der Waals surface area contributed by atoms with E-state index in [9.17, 15) is 20.1 Å². The monoisotopic (exact) mass is 445 g/mol. The Morgan fingerprint density at radius 3 is 2.85 bits per heavy atom. The third kappa shape index (κ3) is 4.80. The van der Waals surface area contributed by atoms with Crippen LogP contribution in [-0.2, 0) is 23.0 Å². The first-order valence-corrected chi connectivity index (χ1v) is 10.7. The number of carbonyl (C=O) groups excluding carboxylic acids is 1. The molecule has 1 saturated heterocycles. The zero-order valence-corrected chi connectivity index (χ0v) is 18.1. The Labute approximate surface area is 190 Å². The summed E-state index contributed by atoms with van der Waals surface area (Å²) in [6.07, 6.45) is 0.378. The number of carbonyl (C=O) groups is 1. The predicted octanol–water partition coefficient (Wildman–Crippen LogP) is 1.60. The van der Waals surface area contributed by atoms with Crippen LogP contribution in [0.5, 0.6) is 0 Å². The van der Waals surface area contributed by atoms with Crippen LogP contribution in [0.3, 0.4) is 0 Å². The molecule has 0 spiro atoms. The topological polar surface area (TPSA) is 133 Å². The minimum absolute atomic E-state index is 0.195. The van der Waals surface area contributed by atoms with Crippen LogP contribution in [0.1, 0.15) is 17.5 Å². The van der Waals surface area contributed by atoms with Gasteiger partial charge in [-0.15, -0.1) is 0 Å². The van der Waals surface area contributed by atoms with E-state index in [-0.39, 0.29) is 12.3 Å². The maximum atomic E-state index is 12.5. The van der Waals surface area contributed by atoms with E-state index < -0.39 is 17.9 Å². The van der Waals surface area contributed by atoms with Gasteiger partial charge in [-0.3, -0.25) is 9.36 Å². The van der Waals surface area contributed by atoms with Crippen molar-refractivity contribution in [3.63, 3.8) is 0 Å². The number of ether oxygens (including phenoxy) is 1. The second-order valence-electron chi connectivity index (χ2n) is 7.90. The lowest BCUT2D eigenvalue weighted by Crippen LogP contribution is -2.46. The fourth-order valence-electron chi connectivity index (χ4n) is 3.84. The van der Waals surface area contributed by atoms with Crippen LogP contribution in [0.2, 0.25) is 0 Å². The van der Waals surface area contributed by atoms with Gasteiger partial charge in [0.15, 0.2) is 5.58 Å². The zero-order valence-electron chi connectivity index (χ0n) is 18.1. The van der Waals surface area contributed by atoms with Gasteiger partial charge in [-0.1, -0.05) is 18.2 Å². The van der Waals surface area contributed by atoms with Crippen molar-refractivity contribution in [1.82, 2.24) is 15.2 Å². The van der Waals surface area contributed by atoms with Gasteiger partial charge in [-0.2, -0.15) is 10.5 Å².